The van der Waals surface area contributed by atoms with Crippen LogP contribution in [0.5, 0.6) is 11.5 Å². The van der Waals surface area contributed by atoms with Gasteiger partial charge in [-0.25, -0.2) is 4.98 Å². The molecule has 0 unspecified atom stereocenters. The summed E-state index contributed by atoms with van der Waals surface area (Å²) in [6.07, 6.45) is 3.07. The smallest absolute Gasteiger partial charge is 0.248 e. The van der Waals surface area contributed by atoms with Crippen LogP contribution in [0.15, 0.2) is 59.4 Å². The number of carbonyl (C=O) groups excluding carboxylic acids is 1. The highest BCUT2D eigenvalue weighted by Gasteiger charge is 2.09. The molecule has 1 aromatic heterocycles. The maximum absolute atomic E-state index is 12.1. The molecule has 0 atom stereocenters. The number of hydrogen-bond acceptors (Lipinski definition) is 4. The van der Waals surface area contributed by atoms with Crippen LogP contribution >= 0.6 is 22.9 Å². The van der Waals surface area contributed by atoms with Gasteiger partial charge >= 0.3 is 0 Å². The fraction of sp³-hybridized carbons (Fsp3) is 0.0526. The SMILES string of the molecule is Cc1ccc(Oc2ccc(Cl)cc2NC(=O)/C=C/c2cscn2)cc1. The topological polar surface area (TPSA) is 51.2 Å². The van der Waals surface area contributed by atoms with Gasteiger partial charge in [-0.15, -0.1) is 11.3 Å². The molecule has 0 fully saturated rings. The van der Waals surface area contributed by atoms with Crippen molar-refractivity contribution < 1.29 is 9.53 Å². The Kier molecular flexibility index (Phi) is 5.48. The summed E-state index contributed by atoms with van der Waals surface area (Å²) in [7, 11) is 0. The van der Waals surface area contributed by atoms with E-state index in [0.29, 0.717) is 22.2 Å². The molecule has 0 spiro atoms. The predicted octanol–water partition coefficient (Wildman–Crippen LogP) is 5.55. The predicted molar refractivity (Wildman–Crippen MR) is 102 cm³/mol. The Hall–Kier alpha value is -2.63. The van der Waals surface area contributed by atoms with Crippen LogP contribution in [0.1, 0.15) is 11.3 Å². The van der Waals surface area contributed by atoms with Gasteiger partial charge in [0.2, 0.25) is 5.91 Å². The molecule has 6 heteroatoms. The number of anilines is 1. The van der Waals surface area contributed by atoms with Crippen LogP contribution in [0.2, 0.25) is 5.02 Å². The summed E-state index contributed by atoms with van der Waals surface area (Å²) in [5, 5.41) is 5.15. The zero-order chi connectivity index (χ0) is 17.6. The normalized spacial score (nSPS) is 10.8. The molecule has 2 aromatic carbocycles. The summed E-state index contributed by atoms with van der Waals surface area (Å²) in [4.78, 5) is 16.2. The maximum atomic E-state index is 12.1. The first-order chi connectivity index (χ1) is 12.1. The van der Waals surface area contributed by atoms with E-state index in [1.807, 2.05) is 36.6 Å². The number of ether oxygens (including phenoxy) is 1. The number of rotatable bonds is 5. The lowest BCUT2D eigenvalue weighted by Gasteiger charge is -2.12. The number of amides is 1. The molecular formula is C19H15ClN2O2S. The average molecular weight is 371 g/mol. The quantitative estimate of drug-likeness (QED) is 0.599. The van der Waals surface area contributed by atoms with Gasteiger partial charge in [-0.2, -0.15) is 0 Å². The summed E-state index contributed by atoms with van der Waals surface area (Å²) in [5.41, 5.74) is 4.09. The highest BCUT2D eigenvalue weighted by Crippen LogP contribution is 2.32. The Balaban J connectivity index is 1.76. The van der Waals surface area contributed by atoms with Crippen molar-refractivity contribution in [2.24, 2.45) is 0 Å². The van der Waals surface area contributed by atoms with Crippen LogP contribution in [0, 0.1) is 6.92 Å². The van der Waals surface area contributed by atoms with Gasteiger partial charge in [-0.1, -0.05) is 29.3 Å². The summed E-state index contributed by atoms with van der Waals surface area (Å²) >= 11 is 7.52. The van der Waals surface area contributed by atoms with Crippen LogP contribution in [-0.4, -0.2) is 10.9 Å². The highest BCUT2D eigenvalue weighted by molar-refractivity contribution is 7.07. The van der Waals surface area contributed by atoms with Gasteiger partial charge in [0.25, 0.3) is 0 Å². The molecular weight excluding hydrogens is 356 g/mol. The van der Waals surface area contributed by atoms with E-state index in [4.69, 9.17) is 16.3 Å². The van der Waals surface area contributed by atoms with E-state index in [0.717, 1.165) is 11.3 Å². The van der Waals surface area contributed by atoms with E-state index in [1.165, 1.54) is 17.4 Å². The Morgan fingerprint density at radius 3 is 2.76 bits per heavy atom. The molecule has 1 amide bonds. The number of benzene rings is 2. The number of aryl methyl sites for hydroxylation is 1. The largest absolute Gasteiger partial charge is 0.455 e. The molecule has 25 heavy (non-hydrogen) atoms. The Morgan fingerprint density at radius 1 is 1.24 bits per heavy atom. The van der Waals surface area contributed by atoms with Gasteiger partial charge in [-0.05, 0) is 43.3 Å². The van der Waals surface area contributed by atoms with E-state index < -0.39 is 0 Å². The molecule has 0 aliphatic carbocycles. The zero-order valence-electron chi connectivity index (χ0n) is 13.4. The van der Waals surface area contributed by atoms with E-state index in [-0.39, 0.29) is 5.91 Å². The van der Waals surface area contributed by atoms with E-state index in [9.17, 15) is 4.79 Å². The summed E-state index contributed by atoms with van der Waals surface area (Å²) in [5.74, 6) is 0.911. The maximum Gasteiger partial charge on any atom is 0.248 e. The molecule has 0 saturated heterocycles. The van der Waals surface area contributed by atoms with Gasteiger partial charge in [0.15, 0.2) is 5.75 Å². The third-order valence-corrected chi connectivity index (χ3v) is 4.14. The van der Waals surface area contributed by atoms with Gasteiger partial charge in [0, 0.05) is 16.5 Å². The molecule has 0 aliphatic heterocycles. The van der Waals surface area contributed by atoms with Gasteiger partial charge in [-0.3, -0.25) is 4.79 Å². The first kappa shape index (κ1) is 17.2. The molecule has 0 aliphatic rings. The van der Waals surface area contributed by atoms with Crippen molar-refractivity contribution in [3.63, 3.8) is 0 Å². The minimum atomic E-state index is -0.288. The number of nitrogens with one attached hydrogen (secondary N) is 1. The van der Waals surface area contributed by atoms with Gasteiger partial charge < -0.3 is 10.1 Å². The van der Waals surface area contributed by atoms with Crippen LogP contribution in [0.4, 0.5) is 5.69 Å². The number of carbonyl (C=O) groups is 1. The monoisotopic (exact) mass is 370 g/mol. The first-order valence-electron chi connectivity index (χ1n) is 7.51. The Labute approximate surface area is 154 Å². The second kappa shape index (κ2) is 7.96. The van der Waals surface area contributed by atoms with E-state index >= 15 is 0 Å². The van der Waals surface area contributed by atoms with Crippen LogP contribution in [0.3, 0.4) is 0 Å². The number of halogens is 1. The summed E-state index contributed by atoms with van der Waals surface area (Å²) in [6, 6.07) is 12.8. The first-order valence-corrected chi connectivity index (χ1v) is 8.83. The lowest BCUT2D eigenvalue weighted by atomic mass is 10.2. The fourth-order valence-corrected chi connectivity index (χ4v) is 2.76. The number of nitrogens with zero attached hydrogens (tertiary/aromatic N) is 1. The molecule has 3 rings (SSSR count). The van der Waals surface area contributed by atoms with Crippen molar-refractivity contribution in [2.45, 2.75) is 6.92 Å². The standard InChI is InChI=1S/C19H15ClN2O2S/c1-13-2-6-16(7-3-13)24-18-8-4-14(20)10-17(18)22-19(23)9-5-15-11-25-12-21-15/h2-12H,1H3,(H,22,23)/b9-5+. The minimum Gasteiger partial charge on any atom is -0.455 e. The minimum absolute atomic E-state index is 0.288. The molecule has 3 aromatic rings. The lowest BCUT2D eigenvalue weighted by molar-refractivity contribution is -0.111. The van der Waals surface area contributed by atoms with Crippen LogP contribution < -0.4 is 10.1 Å². The van der Waals surface area contributed by atoms with Crippen LogP contribution in [-0.2, 0) is 4.79 Å². The number of hydrogen-bond donors (Lipinski definition) is 1. The second-order valence-corrected chi connectivity index (χ2v) is 6.45. The summed E-state index contributed by atoms with van der Waals surface area (Å²) in [6.45, 7) is 2.01. The average Bonchev–Trinajstić information content (AvgIpc) is 3.11. The molecule has 0 radical (unpaired) electrons. The third kappa shape index (κ3) is 4.92. The molecule has 1 heterocycles. The molecule has 4 nitrogen and oxygen atoms in total. The van der Waals surface area contributed by atoms with Crippen molar-refractivity contribution >= 4 is 40.6 Å². The van der Waals surface area contributed by atoms with E-state index in [1.54, 1.807) is 29.8 Å². The fourth-order valence-electron chi connectivity index (χ4n) is 2.06. The van der Waals surface area contributed by atoms with E-state index in [2.05, 4.69) is 10.3 Å². The Morgan fingerprint density at radius 2 is 2.04 bits per heavy atom. The molecule has 0 saturated carbocycles. The van der Waals surface area contributed by atoms with Crippen molar-refractivity contribution in [1.29, 1.82) is 0 Å². The zero-order valence-corrected chi connectivity index (χ0v) is 15.0. The van der Waals surface area contributed by atoms with Crippen molar-refractivity contribution in [3.8, 4) is 11.5 Å². The second-order valence-electron chi connectivity index (χ2n) is 5.29. The molecule has 126 valence electrons. The highest BCUT2D eigenvalue weighted by atomic mass is 35.5. The van der Waals surface area contributed by atoms with Gasteiger partial charge in [0.05, 0.1) is 16.9 Å². The molecule has 0 bridgehead atoms. The van der Waals surface area contributed by atoms with Crippen molar-refractivity contribution in [3.05, 3.63) is 75.7 Å². The summed E-state index contributed by atoms with van der Waals surface area (Å²) < 4.78 is 5.86. The van der Waals surface area contributed by atoms with Gasteiger partial charge in [0.1, 0.15) is 5.75 Å². The molecule has 1 N–H and O–H groups in total. The Bertz CT molecular complexity index is 890. The lowest BCUT2D eigenvalue weighted by Crippen LogP contribution is -2.08. The number of thiazole rings is 1. The van der Waals surface area contributed by atoms with Crippen molar-refractivity contribution in [1.82, 2.24) is 4.98 Å². The van der Waals surface area contributed by atoms with Crippen molar-refractivity contribution in [2.75, 3.05) is 5.32 Å². The third-order valence-electron chi connectivity index (χ3n) is 3.31. The van der Waals surface area contributed by atoms with Crippen LogP contribution in [0.25, 0.3) is 6.08 Å². The number of aromatic nitrogens is 1.